The number of hydrogen-bond acceptors (Lipinski definition) is 11. The summed E-state index contributed by atoms with van der Waals surface area (Å²) in [5.41, 5.74) is 5.94. The van der Waals surface area contributed by atoms with Gasteiger partial charge >= 0.3 is 0 Å². The van der Waals surface area contributed by atoms with E-state index >= 15 is 0 Å². The van der Waals surface area contributed by atoms with Crippen LogP contribution in [0.5, 0.6) is 17.2 Å². The lowest BCUT2D eigenvalue weighted by atomic mass is 10.0. The number of amides is 3. The second-order valence-electron chi connectivity index (χ2n) is 12.6. The van der Waals surface area contributed by atoms with Crippen LogP contribution in [0.25, 0.3) is 16.5 Å². The number of aryl methyl sites for hydroxylation is 1. The van der Waals surface area contributed by atoms with E-state index in [1.165, 1.54) is 32.3 Å². The highest BCUT2D eigenvalue weighted by Crippen LogP contribution is 2.40. The van der Waals surface area contributed by atoms with Gasteiger partial charge in [0.05, 0.1) is 43.5 Å². The Hall–Kier alpha value is -5.47. The van der Waals surface area contributed by atoms with Gasteiger partial charge < -0.3 is 40.2 Å². The van der Waals surface area contributed by atoms with E-state index in [1.54, 1.807) is 47.9 Å². The number of likely N-dealkylation sites (tertiary alicyclic amines) is 1. The highest BCUT2D eigenvalue weighted by atomic mass is 32.1. The van der Waals surface area contributed by atoms with Crippen molar-refractivity contribution in [3.8, 4) is 27.7 Å². The van der Waals surface area contributed by atoms with Crippen LogP contribution in [-0.2, 0) is 20.9 Å². The number of benzene rings is 2. The minimum atomic E-state index is -0.939. The molecule has 3 amide bonds. The van der Waals surface area contributed by atoms with E-state index in [0.29, 0.717) is 34.3 Å². The van der Waals surface area contributed by atoms with Gasteiger partial charge in [0.1, 0.15) is 17.9 Å². The van der Waals surface area contributed by atoms with Gasteiger partial charge in [0.15, 0.2) is 11.5 Å². The van der Waals surface area contributed by atoms with Gasteiger partial charge in [-0.25, -0.2) is 9.97 Å². The number of aliphatic hydroxyl groups is 1. The normalized spacial score (nSPS) is 16.1. The van der Waals surface area contributed by atoms with Gasteiger partial charge in [0.2, 0.25) is 23.5 Å². The molecule has 1 fully saturated rings. The van der Waals surface area contributed by atoms with E-state index < -0.39 is 30.0 Å². The van der Waals surface area contributed by atoms with Gasteiger partial charge in [-0.2, -0.15) is 0 Å². The lowest BCUT2D eigenvalue weighted by Crippen LogP contribution is -2.55. The Morgan fingerprint density at radius 1 is 1.04 bits per heavy atom. The fraction of sp³-hybridized carbons (Fsp3) is 0.342. The van der Waals surface area contributed by atoms with Gasteiger partial charge in [-0.3, -0.25) is 14.4 Å². The molecule has 0 aliphatic carbocycles. The molecule has 1 aliphatic rings. The zero-order valence-electron chi connectivity index (χ0n) is 30.0. The monoisotopic (exact) mass is 728 g/mol. The van der Waals surface area contributed by atoms with E-state index in [2.05, 4.69) is 25.9 Å². The summed E-state index contributed by atoms with van der Waals surface area (Å²) >= 11 is 1.57. The number of ether oxygens (including phenoxy) is 3. The number of anilines is 2. The maximum absolute atomic E-state index is 13.9. The summed E-state index contributed by atoms with van der Waals surface area (Å²) in [4.78, 5) is 51.6. The van der Waals surface area contributed by atoms with Gasteiger partial charge in [0.25, 0.3) is 0 Å². The quantitative estimate of drug-likeness (QED) is 0.134. The average molecular weight is 729 g/mol. The fourth-order valence-electron chi connectivity index (χ4n) is 5.97. The first-order valence-electron chi connectivity index (χ1n) is 16.8. The van der Waals surface area contributed by atoms with Crippen molar-refractivity contribution in [1.82, 2.24) is 25.5 Å². The van der Waals surface area contributed by atoms with Crippen LogP contribution in [0.15, 0.2) is 66.3 Å². The molecule has 274 valence electrons. The lowest BCUT2D eigenvalue weighted by Gasteiger charge is -2.30. The molecule has 1 aliphatic heterocycles. The van der Waals surface area contributed by atoms with Crippen molar-refractivity contribution in [3.05, 3.63) is 83.1 Å². The highest BCUT2D eigenvalue weighted by Gasteiger charge is 2.42. The molecule has 4 aromatic rings. The van der Waals surface area contributed by atoms with Crippen LogP contribution in [0.1, 0.15) is 37.1 Å². The second kappa shape index (κ2) is 17.2. The van der Waals surface area contributed by atoms with Crippen LogP contribution < -0.4 is 30.2 Å². The SMILES string of the molecule is COc1cc(Nc2ncccc2/C=C/C(=O)N[C@H](C(=O)N2CC(O)C[C@H]2C(=O)NCc2ccc(-c3scnc3C)cc2)C(C)C)cc(OC)c1OC. The highest BCUT2D eigenvalue weighted by molar-refractivity contribution is 7.13. The average Bonchev–Trinajstić information content (AvgIpc) is 3.76. The fourth-order valence-corrected chi connectivity index (χ4v) is 6.78. The third-order valence-electron chi connectivity index (χ3n) is 8.70. The number of nitrogens with one attached hydrogen (secondary N) is 3. The molecule has 1 unspecified atom stereocenters. The summed E-state index contributed by atoms with van der Waals surface area (Å²) in [6.07, 6.45) is 3.76. The summed E-state index contributed by atoms with van der Waals surface area (Å²) in [5, 5.41) is 19.5. The van der Waals surface area contributed by atoms with Gasteiger partial charge in [-0.1, -0.05) is 38.1 Å². The van der Waals surface area contributed by atoms with Gasteiger partial charge in [-0.15, -0.1) is 11.3 Å². The van der Waals surface area contributed by atoms with Crippen LogP contribution in [0.4, 0.5) is 11.5 Å². The molecule has 3 atom stereocenters. The number of aromatic nitrogens is 2. The number of nitrogens with zero attached hydrogens (tertiary/aromatic N) is 3. The summed E-state index contributed by atoms with van der Waals surface area (Å²) < 4.78 is 16.3. The first-order chi connectivity index (χ1) is 25.0. The topological polar surface area (TPSA) is 164 Å². The number of methoxy groups -OCH3 is 3. The second-order valence-corrected chi connectivity index (χ2v) is 13.5. The Morgan fingerprint density at radius 3 is 2.37 bits per heavy atom. The Morgan fingerprint density at radius 2 is 1.75 bits per heavy atom. The Kier molecular flexibility index (Phi) is 12.5. The third kappa shape index (κ3) is 8.87. The number of thiazole rings is 1. The van der Waals surface area contributed by atoms with Crippen LogP contribution in [0, 0.1) is 12.8 Å². The maximum Gasteiger partial charge on any atom is 0.246 e. The molecule has 0 spiro atoms. The third-order valence-corrected chi connectivity index (χ3v) is 9.68. The molecule has 5 rings (SSSR count). The van der Waals surface area contributed by atoms with E-state index in [-0.39, 0.29) is 31.3 Å². The number of pyridine rings is 1. The number of carbonyl (C=O) groups is 3. The van der Waals surface area contributed by atoms with Crippen LogP contribution in [0.3, 0.4) is 0 Å². The smallest absolute Gasteiger partial charge is 0.246 e. The molecule has 0 radical (unpaired) electrons. The molecule has 13 nitrogen and oxygen atoms in total. The summed E-state index contributed by atoms with van der Waals surface area (Å²) in [6, 6.07) is 13.0. The Labute approximate surface area is 307 Å². The predicted molar refractivity (Wildman–Crippen MR) is 200 cm³/mol. The maximum atomic E-state index is 13.9. The lowest BCUT2D eigenvalue weighted by molar-refractivity contribution is -0.142. The van der Waals surface area contributed by atoms with Crippen molar-refractivity contribution in [3.63, 3.8) is 0 Å². The molecular formula is C38H44N6O7S. The Balaban J connectivity index is 1.23. The van der Waals surface area contributed by atoms with Crippen molar-refractivity contribution >= 4 is 46.6 Å². The standard InChI is InChI=1S/C38H44N6O7S/c1-22(2)33(43-32(46)14-13-26-8-7-15-39-36(26)42-27-16-30(49-4)34(51-6)31(17-27)50-5)38(48)44-20-28(45)18-29(44)37(47)40-19-24-9-11-25(12-10-24)35-23(3)41-21-52-35/h7-17,21-22,28-29,33,45H,18-20H2,1-6H3,(H,39,42)(H,40,47)(H,43,46)/b14-13+/t28?,29-,33-/m0/s1. The van der Waals surface area contributed by atoms with Crippen molar-refractivity contribution < 1.29 is 33.7 Å². The molecule has 1 saturated heterocycles. The number of β-amino-alcohol motifs (C(OH)–C–C–N with tert-alkyl or cyclic N) is 1. The first-order valence-corrected chi connectivity index (χ1v) is 17.7. The molecule has 4 N–H and O–H groups in total. The summed E-state index contributed by atoms with van der Waals surface area (Å²) in [7, 11) is 4.57. The zero-order chi connectivity index (χ0) is 37.4. The van der Waals surface area contributed by atoms with E-state index in [0.717, 1.165) is 21.7 Å². The van der Waals surface area contributed by atoms with E-state index in [1.807, 2.05) is 50.5 Å². The predicted octanol–water partition coefficient (Wildman–Crippen LogP) is 4.72. The number of carbonyl (C=O) groups excluding carboxylic acids is 3. The van der Waals surface area contributed by atoms with Crippen molar-refractivity contribution in [2.24, 2.45) is 5.92 Å². The molecule has 0 bridgehead atoms. The largest absolute Gasteiger partial charge is 0.493 e. The van der Waals surface area contributed by atoms with Gasteiger partial charge in [-0.05, 0) is 42.2 Å². The van der Waals surface area contributed by atoms with E-state index in [4.69, 9.17) is 14.2 Å². The van der Waals surface area contributed by atoms with Crippen LogP contribution >= 0.6 is 11.3 Å². The Bertz CT molecular complexity index is 1890. The molecule has 52 heavy (non-hydrogen) atoms. The minimum Gasteiger partial charge on any atom is -0.493 e. The molecular weight excluding hydrogens is 685 g/mol. The molecule has 14 heteroatoms. The minimum absolute atomic E-state index is 0.0135. The molecule has 0 saturated carbocycles. The number of aliphatic hydroxyl groups excluding tert-OH is 1. The van der Waals surface area contributed by atoms with Crippen molar-refractivity contribution in [2.75, 3.05) is 33.2 Å². The summed E-state index contributed by atoms with van der Waals surface area (Å²) in [5.74, 6) is 0.201. The number of rotatable bonds is 14. The zero-order valence-corrected chi connectivity index (χ0v) is 30.8. The molecule has 2 aromatic heterocycles. The van der Waals surface area contributed by atoms with E-state index in [9.17, 15) is 19.5 Å². The molecule has 3 heterocycles. The van der Waals surface area contributed by atoms with Crippen LogP contribution in [0.2, 0.25) is 0 Å². The first kappa shape index (κ1) is 37.8. The van der Waals surface area contributed by atoms with Crippen LogP contribution in [-0.4, -0.2) is 83.8 Å². The number of hydrogen-bond donors (Lipinski definition) is 4. The van der Waals surface area contributed by atoms with Gasteiger partial charge in [0, 0.05) is 55.2 Å². The summed E-state index contributed by atoms with van der Waals surface area (Å²) in [6.45, 7) is 5.83. The van der Waals surface area contributed by atoms with Crippen molar-refractivity contribution in [2.45, 2.75) is 51.9 Å². The molecule has 2 aromatic carbocycles. The van der Waals surface area contributed by atoms with Crippen molar-refractivity contribution in [1.29, 1.82) is 0 Å².